The zero-order valence-electron chi connectivity index (χ0n) is 16.5. The molecule has 2 aromatic rings. The van der Waals surface area contributed by atoms with Crippen LogP contribution in [0.4, 0.5) is 5.69 Å². The molecule has 0 aliphatic carbocycles. The number of aliphatic hydroxyl groups excluding tert-OH is 2. The van der Waals surface area contributed by atoms with Crippen molar-refractivity contribution >= 4 is 33.5 Å². The first-order valence-electron chi connectivity index (χ1n) is 9.11. The van der Waals surface area contributed by atoms with Gasteiger partial charge in [0.25, 0.3) is 0 Å². The van der Waals surface area contributed by atoms with Crippen molar-refractivity contribution in [3.63, 3.8) is 0 Å². The molecule has 0 spiro atoms. The number of halogens is 1. The van der Waals surface area contributed by atoms with E-state index in [1.807, 2.05) is 0 Å². The molecule has 30 heavy (non-hydrogen) atoms. The minimum atomic E-state index is -1.82. The molecule has 9 heteroatoms. The molecular formula is C21H22BrNO7. The lowest BCUT2D eigenvalue weighted by Crippen LogP contribution is -2.45. The summed E-state index contributed by atoms with van der Waals surface area (Å²) in [4.78, 5) is 27.0. The third-order valence-corrected chi connectivity index (χ3v) is 5.84. The number of esters is 1. The standard InChI is InChI=1S/C21H22BrNO7/c1-29-14-5-3-12(4-6-14)10-23-16-8-13(19(27)30-2)7-15(22)18(16)21(11-24,20(23)28)9-17(25)26/h3-8,17,24-26H,9-11H2,1-2H3. The summed E-state index contributed by atoms with van der Waals surface area (Å²) in [7, 11) is 2.81. The van der Waals surface area contributed by atoms with Crippen molar-refractivity contribution in [3.05, 3.63) is 57.6 Å². The first kappa shape index (κ1) is 22.2. The molecule has 0 fully saturated rings. The molecule has 3 N–H and O–H groups in total. The van der Waals surface area contributed by atoms with Gasteiger partial charge in [-0.2, -0.15) is 0 Å². The van der Waals surface area contributed by atoms with E-state index in [-0.39, 0.29) is 12.1 Å². The highest BCUT2D eigenvalue weighted by Gasteiger charge is 2.53. The summed E-state index contributed by atoms with van der Waals surface area (Å²) in [6, 6.07) is 10.1. The average Bonchev–Trinajstić information content (AvgIpc) is 2.96. The lowest BCUT2D eigenvalue weighted by molar-refractivity contribution is -0.130. The number of rotatable bonds is 7. The van der Waals surface area contributed by atoms with Crippen LogP contribution >= 0.6 is 15.9 Å². The number of ether oxygens (including phenoxy) is 2. The van der Waals surface area contributed by atoms with Crippen molar-refractivity contribution in [2.75, 3.05) is 25.7 Å². The molecule has 1 heterocycles. The Balaban J connectivity index is 2.15. The summed E-state index contributed by atoms with van der Waals surface area (Å²) in [5.74, 6) is -0.415. The van der Waals surface area contributed by atoms with E-state index in [1.54, 1.807) is 31.4 Å². The molecule has 8 nitrogen and oxygen atoms in total. The van der Waals surface area contributed by atoms with E-state index in [1.165, 1.54) is 24.1 Å². The van der Waals surface area contributed by atoms with E-state index in [2.05, 4.69) is 15.9 Å². The molecule has 3 rings (SSSR count). The van der Waals surface area contributed by atoms with Gasteiger partial charge in [0.05, 0.1) is 38.6 Å². The van der Waals surface area contributed by atoms with Gasteiger partial charge in [-0.1, -0.05) is 28.1 Å². The Morgan fingerprint density at radius 2 is 1.87 bits per heavy atom. The van der Waals surface area contributed by atoms with Gasteiger partial charge in [-0.25, -0.2) is 4.79 Å². The van der Waals surface area contributed by atoms with Crippen LogP contribution < -0.4 is 9.64 Å². The maximum absolute atomic E-state index is 13.5. The number of fused-ring (bicyclic) bond motifs is 1. The fourth-order valence-electron chi connectivity index (χ4n) is 3.77. The van der Waals surface area contributed by atoms with Crippen molar-refractivity contribution in [1.29, 1.82) is 0 Å². The van der Waals surface area contributed by atoms with E-state index in [4.69, 9.17) is 9.47 Å². The molecule has 1 atom stereocenters. The highest BCUT2D eigenvalue weighted by Crippen LogP contribution is 2.49. The Morgan fingerprint density at radius 3 is 2.40 bits per heavy atom. The predicted octanol–water partition coefficient (Wildman–Crippen LogP) is 1.72. The molecule has 0 bridgehead atoms. The molecular weight excluding hydrogens is 458 g/mol. The molecule has 2 aromatic carbocycles. The number of amides is 1. The van der Waals surface area contributed by atoms with Gasteiger partial charge in [0, 0.05) is 16.5 Å². The number of hydrogen-bond donors (Lipinski definition) is 3. The topological polar surface area (TPSA) is 117 Å². The SMILES string of the molecule is COC(=O)c1cc(Br)c2c(c1)N(Cc1ccc(OC)cc1)C(=O)C2(CO)CC(O)O. The fraction of sp³-hybridized carbons (Fsp3) is 0.333. The number of hydrogen-bond acceptors (Lipinski definition) is 7. The van der Waals surface area contributed by atoms with Gasteiger partial charge in [0.1, 0.15) is 11.2 Å². The fourth-order valence-corrected chi connectivity index (χ4v) is 4.60. The van der Waals surface area contributed by atoms with E-state index >= 15 is 0 Å². The Hall–Kier alpha value is -2.46. The van der Waals surface area contributed by atoms with Crippen LogP contribution in [0.5, 0.6) is 5.75 Å². The van der Waals surface area contributed by atoms with E-state index in [0.717, 1.165) is 5.56 Å². The lowest BCUT2D eigenvalue weighted by atomic mass is 9.79. The minimum Gasteiger partial charge on any atom is -0.497 e. The van der Waals surface area contributed by atoms with Gasteiger partial charge in [-0.3, -0.25) is 4.79 Å². The van der Waals surface area contributed by atoms with E-state index in [9.17, 15) is 24.9 Å². The first-order chi connectivity index (χ1) is 14.3. The Bertz CT molecular complexity index is 961. The molecule has 0 aromatic heterocycles. The van der Waals surface area contributed by atoms with Crippen molar-refractivity contribution in [2.45, 2.75) is 24.7 Å². The largest absolute Gasteiger partial charge is 0.497 e. The number of methoxy groups -OCH3 is 2. The Labute approximate surface area is 181 Å². The van der Waals surface area contributed by atoms with Crippen molar-refractivity contribution in [2.24, 2.45) is 0 Å². The molecule has 0 radical (unpaired) electrons. The number of carbonyl (C=O) groups is 2. The second kappa shape index (κ2) is 8.73. The summed E-state index contributed by atoms with van der Waals surface area (Å²) in [5, 5.41) is 29.4. The summed E-state index contributed by atoms with van der Waals surface area (Å²) in [6.07, 6.45) is -2.22. The normalized spacial score (nSPS) is 18.0. The van der Waals surface area contributed by atoms with Crippen molar-refractivity contribution in [3.8, 4) is 5.75 Å². The van der Waals surface area contributed by atoms with Crippen LogP contribution in [0.2, 0.25) is 0 Å². The maximum Gasteiger partial charge on any atom is 0.337 e. The summed E-state index contributed by atoms with van der Waals surface area (Å²) in [5.41, 5.74) is 0.218. The monoisotopic (exact) mass is 479 g/mol. The Morgan fingerprint density at radius 1 is 1.20 bits per heavy atom. The highest BCUT2D eigenvalue weighted by atomic mass is 79.9. The number of carbonyl (C=O) groups excluding carboxylic acids is 2. The van der Waals surface area contributed by atoms with E-state index in [0.29, 0.717) is 21.5 Å². The zero-order valence-corrected chi connectivity index (χ0v) is 18.0. The van der Waals surface area contributed by atoms with Gasteiger partial charge < -0.3 is 29.7 Å². The van der Waals surface area contributed by atoms with Gasteiger partial charge in [-0.15, -0.1) is 0 Å². The van der Waals surface area contributed by atoms with Crippen molar-refractivity contribution < 1.29 is 34.4 Å². The molecule has 1 aliphatic rings. The molecule has 0 saturated heterocycles. The Kier molecular flexibility index (Phi) is 6.47. The first-order valence-corrected chi connectivity index (χ1v) is 9.91. The molecule has 1 aliphatic heterocycles. The quantitative estimate of drug-likeness (QED) is 0.408. The molecule has 0 saturated carbocycles. The number of anilines is 1. The second-order valence-electron chi connectivity index (χ2n) is 7.01. The summed E-state index contributed by atoms with van der Waals surface area (Å²) in [6.45, 7) is -0.484. The third-order valence-electron chi connectivity index (χ3n) is 5.22. The maximum atomic E-state index is 13.5. The van der Waals surface area contributed by atoms with Crippen molar-refractivity contribution in [1.82, 2.24) is 0 Å². The number of nitrogens with zero attached hydrogens (tertiary/aromatic N) is 1. The van der Waals surface area contributed by atoms with Crippen LogP contribution in [0.25, 0.3) is 0 Å². The average molecular weight is 480 g/mol. The molecule has 160 valence electrons. The summed E-state index contributed by atoms with van der Waals surface area (Å²) >= 11 is 3.38. The molecule has 1 unspecified atom stereocenters. The van der Waals surface area contributed by atoms with Crippen LogP contribution in [-0.2, 0) is 21.5 Å². The van der Waals surface area contributed by atoms with Crippen LogP contribution in [0.1, 0.15) is 27.9 Å². The van der Waals surface area contributed by atoms with Crippen LogP contribution in [0.15, 0.2) is 40.9 Å². The number of aliphatic hydroxyl groups is 3. The smallest absolute Gasteiger partial charge is 0.337 e. The van der Waals surface area contributed by atoms with Crippen LogP contribution in [0, 0.1) is 0 Å². The third kappa shape index (κ3) is 3.81. The van der Waals surface area contributed by atoms with Gasteiger partial charge in [-0.05, 0) is 29.8 Å². The second-order valence-corrected chi connectivity index (χ2v) is 7.86. The van der Waals surface area contributed by atoms with E-state index < -0.39 is 36.6 Å². The molecule has 1 amide bonds. The minimum absolute atomic E-state index is 0.149. The van der Waals surface area contributed by atoms with Gasteiger partial charge in [0.15, 0.2) is 6.29 Å². The van der Waals surface area contributed by atoms with Gasteiger partial charge >= 0.3 is 5.97 Å². The van der Waals surface area contributed by atoms with Crippen LogP contribution in [0.3, 0.4) is 0 Å². The van der Waals surface area contributed by atoms with Crippen LogP contribution in [-0.4, -0.2) is 54.3 Å². The predicted molar refractivity (Wildman–Crippen MR) is 111 cm³/mol. The lowest BCUT2D eigenvalue weighted by Gasteiger charge is -2.28. The number of benzene rings is 2. The highest BCUT2D eigenvalue weighted by molar-refractivity contribution is 9.10. The van der Waals surface area contributed by atoms with Gasteiger partial charge in [0.2, 0.25) is 5.91 Å². The summed E-state index contributed by atoms with van der Waals surface area (Å²) < 4.78 is 10.3. The zero-order chi connectivity index (χ0) is 22.1.